The van der Waals surface area contributed by atoms with Crippen LogP contribution in [0.15, 0.2) is 18.2 Å². The Morgan fingerprint density at radius 3 is 2.59 bits per heavy atom. The highest BCUT2D eigenvalue weighted by Gasteiger charge is 2.47. The summed E-state index contributed by atoms with van der Waals surface area (Å²) in [6.07, 6.45) is 0.249. The molecule has 3 aliphatic rings. The molecule has 2 aliphatic heterocycles. The fraction of sp³-hybridized carbons (Fsp3) is 0.700. The van der Waals surface area contributed by atoms with Crippen LogP contribution in [0.4, 0.5) is 13.2 Å². The average molecular weight is 433 g/mol. The van der Waals surface area contributed by atoms with Gasteiger partial charge in [-0.2, -0.15) is 4.31 Å². The van der Waals surface area contributed by atoms with Gasteiger partial charge in [0.15, 0.2) is 0 Å². The molecule has 0 unspecified atom stereocenters. The van der Waals surface area contributed by atoms with E-state index in [0.29, 0.717) is 31.5 Å². The lowest BCUT2D eigenvalue weighted by Gasteiger charge is -2.35. The zero-order valence-corrected chi connectivity index (χ0v) is 17.3. The molecule has 1 aromatic carbocycles. The molecule has 3 fully saturated rings. The highest BCUT2D eigenvalue weighted by atomic mass is 32.2. The summed E-state index contributed by atoms with van der Waals surface area (Å²) in [5.74, 6) is -3.10. The zero-order valence-electron chi connectivity index (χ0n) is 16.5. The van der Waals surface area contributed by atoms with Gasteiger partial charge in [-0.1, -0.05) is 6.07 Å². The monoisotopic (exact) mass is 432 g/mol. The third-order valence-electron chi connectivity index (χ3n) is 6.31. The maximum Gasteiger partial charge on any atom is 0.248 e. The minimum Gasteiger partial charge on any atom is -0.374 e. The number of likely N-dealkylation sites (tertiary alicyclic amines) is 1. The summed E-state index contributed by atoms with van der Waals surface area (Å²) in [5, 5.41) is 0. The summed E-state index contributed by atoms with van der Waals surface area (Å²) in [6.45, 7) is 2.95. The minimum absolute atomic E-state index is 0.0196. The van der Waals surface area contributed by atoms with Crippen molar-refractivity contribution in [3.63, 3.8) is 0 Å². The molecule has 0 spiro atoms. The van der Waals surface area contributed by atoms with Crippen molar-refractivity contribution in [3.8, 4) is 0 Å². The lowest BCUT2D eigenvalue weighted by molar-refractivity contribution is -0.0529. The number of aryl methyl sites for hydroxylation is 1. The fourth-order valence-corrected chi connectivity index (χ4v) is 6.34. The van der Waals surface area contributed by atoms with Crippen LogP contribution in [-0.4, -0.2) is 67.2 Å². The Morgan fingerprint density at radius 1 is 1.17 bits per heavy atom. The molecular formula is C20H27F3N2O3S. The molecule has 5 nitrogen and oxygen atoms in total. The van der Waals surface area contributed by atoms with Crippen LogP contribution in [0, 0.1) is 12.7 Å². The molecule has 1 saturated carbocycles. The van der Waals surface area contributed by atoms with Crippen LogP contribution in [0.5, 0.6) is 0 Å². The molecule has 9 heteroatoms. The van der Waals surface area contributed by atoms with Crippen molar-refractivity contribution in [3.05, 3.63) is 35.1 Å². The first kappa shape index (κ1) is 21.1. The van der Waals surface area contributed by atoms with E-state index in [4.69, 9.17) is 4.74 Å². The van der Waals surface area contributed by atoms with Crippen LogP contribution < -0.4 is 0 Å². The summed E-state index contributed by atoms with van der Waals surface area (Å²) < 4.78 is 74.0. The number of nitrogens with zero attached hydrogens (tertiary/aromatic N) is 2. The topological polar surface area (TPSA) is 49.9 Å². The Hall–Kier alpha value is -1.16. The first-order valence-electron chi connectivity index (χ1n) is 10.1. The van der Waals surface area contributed by atoms with E-state index < -0.39 is 27.8 Å². The number of rotatable bonds is 3. The maximum absolute atomic E-state index is 13.8. The van der Waals surface area contributed by atoms with E-state index in [9.17, 15) is 21.6 Å². The van der Waals surface area contributed by atoms with Crippen LogP contribution in [-0.2, 0) is 21.3 Å². The van der Waals surface area contributed by atoms with Crippen molar-refractivity contribution in [2.75, 3.05) is 25.4 Å². The number of hydrogen-bond acceptors (Lipinski definition) is 4. The van der Waals surface area contributed by atoms with Gasteiger partial charge >= 0.3 is 0 Å². The smallest absolute Gasteiger partial charge is 0.248 e. The van der Waals surface area contributed by atoms with E-state index >= 15 is 0 Å². The van der Waals surface area contributed by atoms with Crippen molar-refractivity contribution in [2.45, 2.75) is 63.3 Å². The number of fused-ring (bicyclic) bond motifs is 1. The second-order valence-corrected chi connectivity index (χ2v) is 10.6. The van der Waals surface area contributed by atoms with Crippen molar-refractivity contribution in [1.82, 2.24) is 9.21 Å². The van der Waals surface area contributed by atoms with Crippen LogP contribution >= 0.6 is 0 Å². The Bertz CT molecular complexity index is 834. The number of halogens is 3. The predicted molar refractivity (Wildman–Crippen MR) is 103 cm³/mol. The van der Waals surface area contributed by atoms with Gasteiger partial charge in [0.25, 0.3) is 0 Å². The molecule has 0 aromatic heterocycles. The van der Waals surface area contributed by atoms with Crippen molar-refractivity contribution < 1.29 is 26.3 Å². The van der Waals surface area contributed by atoms with Gasteiger partial charge in [-0.05, 0) is 43.0 Å². The van der Waals surface area contributed by atoms with E-state index in [1.807, 2.05) is 0 Å². The van der Waals surface area contributed by atoms with E-state index in [1.54, 1.807) is 13.0 Å². The fourth-order valence-electron chi connectivity index (χ4n) is 4.84. The molecule has 0 N–H and O–H groups in total. The predicted octanol–water partition coefficient (Wildman–Crippen LogP) is 2.93. The highest BCUT2D eigenvalue weighted by molar-refractivity contribution is 7.89. The van der Waals surface area contributed by atoms with E-state index in [1.165, 1.54) is 16.4 Å². The third kappa shape index (κ3) is 4.62. The molecule has 162 valence electrons. The number of benzene rings is 1. The van der Waals surface area contributed by atoms with Gasteiger partial charge < -0.3 is 4.74 Å². The summed E-state index contributed by atoms with van der Waals surface area (Å²) in [5.41, 5.74) is 1.33. The Labute approximate surface area is 169 Å². The van der Waals surface area contributed by atoms with Crippen molar-refractivity contribution in [1.29, 1.82) is 0 Å². The molecular weight excluding hydrogens is 405 g/mol. The molecule has 0 radical (unpaired) electrons. The molecule has 2 saturated heterocycles. The Balaban J connectivity index is 1.55. The lowest BCUT2D eigenvalue weighted by atomic mass is 9.91. The first-order chi connectivity index (χ1) is 13.6. The van der Waals surface area contributed by atoms with E-state index in [2.05, 4.69) is 4.90 Å². The van der Waals surface area contributed by atoms with Gasteiger partial charge in [0.2, 0.25) is 15.9 Å². The quantitative estimate of drug-likeness (QED) is 0.737. The van der Waals surface area contributed by atoms with Gasteiger partial charge in [0.05, 0.1) is 24.5 Å². The van der Waals surface area contributed by atoms with Gasteiger partial charge in [0.1, 0.15) is 5.82 Å². The Kier molecular flexibility index (Phi) is 5.69. The standard InChI is InChI=1S/C20H27F3N2O3S/c1-14-8-15(10-16(21)9-14)11-25-18-12-24(17-2-4-20(22,23)5-3-17)13-19(18)28-6-7-29(25,26)27/h8-10,17-19H,2-7,11-13H2,1H3/t18-,19+/m1/s1. The second kappa shape index (κ2) is 7.83. The normalized spacial score (nSPS) is 30.8. The zero-order chi connectivity index (χ0) is 20.8. The molecule has 2 heterocycles. The first-order valence-corrected chi connectivity index (χ1v) is 11.7. The molecule has 1 aromatic rings. The Morgan fingerprint density at radius 2 is 1.90 bits per heavy atom. The molecule has 2 atom stereocenters. The maximum atomic E-state index is 13.8. The summed E-state index contributed by atoms with van der Waals surface area (Å²) >= 11 is 0. The van der Waals surface area contributed by atoms with Crippen molar-refractivity contribution >= 4 is 10.0 Å². The molecule has 0 amide bonds. The summed E-state index contributed by atoms with van der Waals surface area (Å²) in [6, 6.07) is 4.18. The van der Waals surface area contributed by atoms with Crippen molar-refractivity contribution in [2.24, 2.45) is 0 Å². The minimum atomic E-state index is -3.57. The van der Waals surface area contributed by atoms with Gasteiger partial charge in [-0.25, -0.2) is 21.6 Å². The lowest BCUT2D eigenvalue weighted by Crippen LogP contribution is -2.46. The van der Waals surface area contributed by atoms with Crippen LogP contribution in [0.3, 0.4) is 0 Å². The largest absolute Gasteiger partial charge is 0.374 e. The van der Waals surface area contributed by atoms with Crippen LogP contribution in [0.2, 0.25) is 0 Å². The van der Waals surface area contributed by atoms with Gasteiger partial charge in [0, 0.05) is 38.5 Å². The van der Waals surface area contributed by atoms with Crippen LogP contribution in [0.1, 0.15) is 36.8 Å². The molecule has 1 aliphatic carbocycles. The number of hydrogen-bond donors (Lipinski definition) is 0. The second-order valence-electron chi connectivity index (χ2n) is 8.52. The number of ether oxygens (including phenoxy) is 1. The summed E-state index contributed by atoms with van der Waals surface area (Å²) in [7, 11) is -3.57. The van der Waals surface area contributed by atoms with E-state index in [0.717, 1.165) is 5.56 Å². The number of sulfonamides is 1. The summed E-state index contributed by atoms with van der Waals surface area (Å²) in [4.78, 5) is 2.11. The molecule has 4 rings (SSSR count). The van der Waals surface area contributed by atoms with Gasteiger partial charge in [-0.15, -0.1) is 0 Å². The van der Waals surface area contributed by atoms with Crippen LogP contribution in [0.25, 0.3) is 0 Å². The van der Waals surface area contributed by atoms with Gasteiger partial charge in [-0.3, -0.25) is 4.90 Å². The average Bonchev–Trinajstić information content (AvgIpc) is 2.97. The SMILES string of the molecule is Cc1cc(F)cc(CN2[C@@H]3CN(C4CCC(F)(F)CC4)C[C@@H]3OCCS2(=O)=O)c1. The molecule has 0 bridgehead atoms. The highest BCUT2D eigenvalue weighted by Crippen LogP contribution is 2.37. The van der Waals surface area contributed by atoms with E-state index in [-0.39, 0.29) is 43.9 Å². The molecule has 29 heavy (non-hydrogen) atoms. The third-order valence-corrected chi connectivity index (χ3v) is 8.11. The number of alkyl halides is 2.